The molecule has 1 saturated carbocycles. The summed E-state index contributed by atoms with van der Waals surface area (Å²) in [4.78, 5) is 17.4. The molecule has 3 rings (SSSR count). The van der Waals surface area contributed by atoms with Gasteiger partial charge in [0.2, 0.25) is 5.91 Å². The summed E-state index contributed by atoms with van der Waals surface area (Å²) in [6.45, 7) is 6.27. The Labute approximate surface area is 116 Å². The highest BCUT2D eigenvalue weighted by Gasteiger charge is 2.51. The van der Waals surface area contributed by atoms with E-state index >= 15 is 0 Å². The molecule has 1 amide bonds. The van der Waals surface area contributed by atoms with Crippen LogP contribution in [-0.4, -0.2) is 53.6 Å². The summed E-state index contributed by atoms with van der Waals surface area (Å²) < 4.78 is 0. The molecule has 0 bridgehead atoms. The molecule has 2 heterocycles. The number of nitrogens with zero attached hydrogens (tertiary/aromatic N) is 2. The molecule has 108 valence electrons. The summed E-state index contributed by atoms with van der Waals surface area (Å²) in [5, 5.41) is 3.13. The molecule has 0 radical (unpaired) electrons. The molecule has 0 aromatic carbocycles. The number of carbonyl (C=O) groups is 1. The molecule has 0 aromatic rings. The summed E-state index contributed by atoms with van der Waals surface area (Å²) in [5.41, 5.74) is -0.173. The molecule has 4 heteroatoms. The highest BCUT2D eigenvalue weighted by Crippen LogP contribution is 2.37. The maximum absolute atomic E-state index is 12.4. The van der Waals surface area contributed by atoms with Crippen molar-refractivity contribution in [2.45, 2.75) is 63.5 Å². The Kier molecular flexibility index (Phi) is 3.81. The molecule has 1 spiro atoms. The third-order valence-electron chi connectivity index (χ3n) is 5.53. The van der Waals surface area contributed by atoms with Gasteiger partial charge in [0.1, 0.15) is 5.54 Å². The summed E-state index contributed by atoms with van der Waals surface area (Å²) in [5.74, 6) is 0.300. The van der Waals surface area contributed by atoms with Gasteiger partial charge in [0.05, 0.1) is 6.67 Å². The van der Waals surface area contributed by atoms with Gasteiger partial charge in [-0.15, -0.1) is 0 Å². The van der Waals surface area contributed by atoms with E-state index in [-0.39, 0.29) is 5.54 Å². The van der Waals surface area contributed by atoms with Crippen molar-refractivity contribution in [1.82, 2.24) is 15.1 Å². The van der Waals surface area contributed by atoms with Gasteiger partial charge in [0.15, 0.2) is 0 Å². The fraction of sp³-hybridized carbons (Fsp3) is 0.933. The molecular weight excluding hydrogens is 238 g/mol. The minimum absolute atomic E-state index is 0.173. The van der Waals surface area contributed by atoms with E-state index in [1.807, 2.05) is 0 Å². The zero-order chi connectivity index (χ0) is 13.3. The number of hydrogen-bond donors (Lipinski definition) is 1. The van der Waals surface area contributed by atoms with Crippen LogP contribution in [0.25, 0.3) is 0 Å². The van der Waals surface area contributed by atoms with Gasteiger partial charge in [-0.1, -0.05) is 26.2 Å². The van der Waals surface area contributed by atoms with Crippen molar-refractivity contribution in [1.29, 1.82) is 0 Å². The van der Waals surface area contributed by atoms with Crippen LogP contribution >= 0.6 is 0 Å². The average molecular weight is 265 g/mol. The van der Waals surface area contributed by atoms with Gasteiger partial charge in [-0.2, -0.15) is 0 Å². The molecule has 0 atom stereocenters. The summed E-state index contributed by atoms with van der Waals surface area (Å²) in [7, 11) is 0. The topological polar surface area (TPSA) is 35.6 Å². The van der Waals surface area contributed by atoms with Crippen molar-refractivity contribution in [2.24, 2.45) is 0 Å². The van der Waals surface area contributed by atoms with Crippen molar-refractivity contribution in [3.8, 4) is 0 Å². The predicted molar refractivity (Wildman–Crippen MR) is 75.8 cm³/mol. The smallest absolute Gasteiger partial charge is 0.241 e. The Morgan fingerprint density at radius 1 is 1.21 bits per heavy atom. The summed E-state index contributed by atoms with van der Waals surface area (Å²) in [6.07, 6.45) is 8.66. The van der Waals surface area contributed by atoms with E-state index in [0.717, 1.165) is 39.1 Å². The summed E-state index contributed by atoms with van der Waals surface area (Å²) >= 11 is 0. The zero-order valence-corrected chi connectivity index (χ0v) is 12.2. The van der Waals surface area contributed by atoms with Gasteiger partial charge in [-0.05, 0) is 32.2 Å². The van der Waals surface area contributed by atoms with E-state index in [9.17, 15) is 4.79 Å². The average Bonchev–Trinajstić information content (AvgIpc) is 2.78. The molecule has 3 aliphatic rings. The first-order chi connectivity index (χ1) is 9.26. The Hall–Kier alpha value is -0.610. The lowest BCUT2D eigenvalue weighted by Gasteiger charge is -2.46. The maximum Gasteiger partial charge on any atom is 0.241 e. The van der Waals surface area contributed by atoms with Crippen molar-refractivity contribution >= 4 is 5.91 Å². The van der Waals surface area contributed by atoms with Crippen molar-refractivity contribution in [3.63, 3.8) is 0 Å². The van der Waals surface area contributed by atoms with Gasteiger partial charge in [-0.3, -0.25) is 9.69 Å². The van der Waals surface area contributed by atoms with Crippen LogP contribution in [0, 0.1) is 0 Å². The van der Waals surface area contributed by atoms with E-state index in [2.05, 4.69) is 22.0 Å². The van der Waals surface area contributed by atoms with Gasteiger partial charge in [0, 0.05) is 19.1 Å². The van der Waals surface area contributed by atoms with Crippen LogP contribution in [0.4, 0.5) is 0 Å². The van der Waals surface area contributed by atoms with Crippen LogP contribution in [0.5, 0.6) is 0 Å². The monoisotopic (exact) mass is 265 g/mol. The lowest BCUT2D eigenvalue weighted by molar-refractivity contribution is -0.130. The molecule has 2 saturated heterocycles. The zero-order valence-electron chi connectivity index (χ0n) is 12.2. The minimum Gasteiger partial charge on any atom is -0.342 e. The number of rotatable bonds is 2. The third-order valence-corrected chi connectivity index (χ3v) is 5.53. The maximum atomic E-state index is 12.4. The van der Waals surface area contributed by atoms with E-state index in [1.165, 1.54) is 32.1 Å². The Bertz CT molecular complexity index is 330. The lowest BCUT2D eigenvalue weighted by Crippen LogP contribution is -2.58. The quantitative estimate of drug-likeness (QED) is 0.823. The third kappa shape index (κ3) is 2.29. The first-order valence-electron chi connectivity index (χ1n) is 8.04. The molecular formula is C15H27N3O. The first kappa shape index (κ1) is 13.4. The second-order valence-corrected chi connectivity index (χ2v) is 6.39. The van der Waals surface area contributed by atoms with Crippen LogP contribution in [-0.2, 0) is 4.79 Å². The Morgan fingerprint density at radius 2 is 1.89 bits per heavy atom. The molecule has 1 N–H and O–H groups in total. The van der Waals surface area contributed by atoms with Crippen LogP contribution < -0.4 is 5.32 Å². The number of piperidine rings is 1. The van der Waals surface area contributed by atoms with Crippen molar-refractivity contribution in [3.05, 3.63) is 0 Å². The number of likely N-dealkylation sites (tertiary alicyclic amines) is 1. The number of nitrogens with one attached hydrogen (secondary N) is 1. The second-order valence-electron chi connectivity index (χ2n) is 6.39. The first-order valence-corrected chi connectivity index (χ1v) is 8.04. The van der Waals surface area contributed by atoms with E-state index in [4.69, 9.17) is 0 Å². The van der Waals surface area contributed by atoms with E-state index in [1.54, 1.807) is 0 Å². The Balaban J connectivity index is 1.74. The van der Waals surface area contributed by atoms with Crippen molar-refractivity contribution in [2.75, 3.05) is 26.3 Å². The molecule has 0 aromatic heterocycles. The summed E-state index contributed by atoms with van der Waals surface area (Å²) in [6, 6.07) is 0.640. The molecule has 19 heavy (non-hydrogen) atoms. The van der Waals surface area contributed by atoms with E-state index < -0.39 is 0 Å². The Morgan fingerprint density at radius 3 is 2.53 bits per heavy atom. The minimum atomic E-state index is -0.173. The highest BCUT2D eigenvalue weighted by molar-refractivity contribution is 5.88. The fourth-order valence-corrected chi connectivity index (χ4v) is 4.23. The van der Waals surface area contributed by atoms with Crippen molar-refractivity contribution < 1.29 is 4.79 Å². The van der Waals surface area contributed by atoms with Crippen LogP contribution in [0.1, 0.15) is 51.9 Å². The highest BCUT2D eigenvalue weighted by atomic mass is 16.2. The van der Waals surface area contributed by atoms with Gasteiger partial charge >= 0.3 is 0 Å². The molecule has 4 nitrogen and oxygen atoms in total. The standard InChI is InChI=1S/C15H27N3O/c1-2-17-10-8-15(9-11-17)14(19)16-12-18(15)13-6-4-3-5-7-13/h13H,2-12H2,1H3,(H,16,19). The largest absolute Gasteiger partial charge is 0.342 e. The molecule has 2 aliphatic heterocycles. The SMILES string of the molecule is CCN1CCC2(CC1)C(=O)NCN2C1CCCCC1. The fourth-order valence-electron chi connectivity index (χ4n) is 4.23. The van der Waals surface area contributed by atoms with Gasteiger partial charge < -0.3 is 10.2 Å². The number of carbonyl (C=O) groups excluding carboxylic acids is 1. The molecule has 3 fully saturated rings. The molecule has 0 unspecified atom stereocenters. The van der Waals surface area contributed by atoms with Crippen LogP contribution in [0.15, 0.2) is 0 Å². The lowest BCUT2D eigenvalue weighted by atomic mass is 9.83. The normalized spacial score (nSPS) is 29.8. The van der Waals surface area contributed by atoms with Gasteiger partial charge in [-0.25, -0.2) is 0 Å². The predicted octanol–water partition coefficient (Wildman–Crippen LogP) is 1.56. The van der Waals surface area contributed by atoms with E-state index in [0.29, 0.717) is 11.9 Å². The number of hydrogen-bond acceptors (Lipinski definition) is 3. The van der Waals surface area contributed by atoms with Crippen LogP contribution in [0.2, 0.25) is 0 Å². The molecule has 1 aliphatic carbocycles. The van der Waals surface area contributed by atoms with Gasteiger partial charge in [0.25, 0.3) is 0 Å². The number of amides is 1. The second kappa shape index (κ2) is 5.41. The van der Waals surface area contributed by atoms with Crippen LogP contribution in [0.3, 0.4) is 0 Å².